The molecule has 5 heteroatoms. The predicted molar refractivity (Wildman–Crippen MR) is 72.3 cm³/mol. The first-order valence-corrected chi connectivity index (χ1v) is 6.73. The Bertz CT molecular complexity index is 596. The smallest absolute Gasteiger partial charge is 0.129 e. The lowest BCUT2D eigenvalue weighted by Crippen LogP contribution is -2.11. The number of aliphatic hydroxyl groups excluding tert-OH is 1. The van der Waals surface area contributed by atoms with Gasteiger partial charge in [-0.1, -0.05) is 13.0 Å². The second-order valence-electron chi connectivity index (χ2n) is 4.69. The fourth-order valence-corrected chi connectivity index (χ4v) is 2.18. The summed E-state index contributed by atoms with van der Waals surface area (Å²) < 4.78 is 28.2. The first-order chi connectivity index (χ1) is 9.55. The molecule has 1 N–H and O–H groups in total. The Morgan fingerprint density at radius 2 is 2.00 bits per heavy atom. The highest BCUT2D eigenvalue weighted by atomic mass is 19.1. The molecule has 2 aromatic rings. The number of benzene rings is 1. The van der Waals surface area contributed by atoms with Gasteiger partial charge in [-0.15, -0.1) is 0 Å². The van der Waals surface area contributed by atoms with Crippen molar-refractivity contribution in [1.29, 1.82) is 0 Å². The van der Waals surface area contributed by atoms with Crippen molar-refractivity contribution in [2.75, 3.05) is 0 Å². The lowest BCUT2D eigenvalue weighted by atomic mass is 10.0. The molecule has 0 aliphatic heterocycles. The fraction of sp³-hybridized carbons (Fsp3) is 0.400. The van der Waals surface area contributed by atoms with Crippen LogP contribution in [0.3, 0.4) is 0 Å². The van der Waals surface area contributed by atoms with Crippen LogP contribution in [0, 0.1) is 11.6 Å². The van der Waals surface area contributed by atoms with Crippen molar-refractivity contribution in [2.45, 2.75) is 39.3 Å². The normalized spacial score (nSPS) is 12.7. The van der Waals surface area contributed by atoms with E-state index in [-0.39, 0.29) is 6.42 Å². The van der Waals surface area contributed by atoms with E-state index in [2.05, 4.69) is 5.10 Å². The van der Waals surface area contributed by atoms with Crippen molar-refractivity contribution in [3.63, 3.8) is 0 Å². The molecule has 20 heavy (non-hydrogen) atoms. The number of halogens is 2. The fourth-order valence-electron chi connectivity index (χ4n) is 2.18. The Morgan fingerprint density at radius 3 is 2.60 bits per heavy atom. The van der Waals surface area contributed by atoms with Gasteiger partial charge in [-0.2, -0.15) is 5.10 Å². The van der Waals surface area contributed by atoms with E-state index >= 15 is 0 Å². The van der Waals surface area contributed by atoms with Crippen LogP contribution in [-0.2, 0) is 19.4 Å². The molecule has 0 saturated carbocycles. The van der Waals surface area contributed by atoms with Gasteiger partial charge >= 0.3 is 0 Å². The van der Waals surface area contributed by atoms with Crippen LogP contribution in [0.15, 0.2) is 24.3 Å². The number of hydrogen-bond donors (Lipinski definition) is 1. The molecule has 1 aromatic heterocycles. The van der Waals surface area contributed by atoms with Crippen molar-refractivity contribution in [1.82, 2.24) is 9.78 Å². The maximum Gasteiger partial charge on any atom is 0.129 e. The molecule has 0 saturated heterocycles. The Balaban J connectivity index is 2.23. The first-order valence-electron chi connectivity index (χ1n) is 6.73. The third kappa shape index (κ3) is 3.04. The number of aromatic nitrogens is 2. The maximum absolute atomic E-state index is 13.6. The Morgan fingerprint density at radius 1 is 1.25 bits per heavy atom. The zero-order chi connectivity index (χ0) is 14.7. The average molecular weight is 280 g/mol. The van der Waals surface area contributed by atoms with E-state index < -0.39 is 17.7 Å². The van der Waals surface area contributed by atoms with Crippen molar-refractivity contribution in [3.8, 4) is 0 Å². The summed E-state index contributed by atoms with van der Waals surface area (Å²) in [5, 5.41) is 14.6. The molecular weight excluding hydrogens is 262 g/mol. The minimum atomic E-state index is -0.859. The molecule has 0 aliphatic carbocycles. The minimum Gasteiger partial charge on any atom is -0.386 e. The van der Waals surface area contributed by atoms with Crippen LogP contribution in [0.2, 0.25) is 0 Å². The van der Waals surface area contributed by atoms with E-state index in [9.17, 15) is 13.9 Å². The van der Waals surface area contributed by atoms with E-state index in [4.69, 9.17) is 0 Å². The number of rotatable bonds is 5. The summed E-state index contributed by atoms with van der Waals surface area (Å²) in [5.41, 5.74) is 1.84. The number of hydrogen-bond acceptors (Lipinski definition) is 2. The van der Waals surface area contributed by atoms with Crippen molar-refractivity contribution >= 4 is 0 Å². The van der Waals surface area contributed by atoms with Gasteiger partial charge in [-0.05, 0) is 31.0 Å². The van der Waals surface area contributed by atoms with Crippen LogP contribution in [0.4, 0.5) is 8.78 Å². The zero-order valence-electron chi connectivity index (χ0n) is 11.6. The molecule has 0 radical (unpaired) electrons. The second-order valence-corrected chi connectivity index (χ2v) is 4.69. The standard InChI is InChI=1S/C15H18F2N2O/c1-3-12-9-14(19(4-2)18-12)15(20)7-10-5-6-11(16)8-13(10)17/h5-6,8-9,15,20H,3-4,7H2,1-2H3. The van der Waals surface area contributed by atoms with E-state index in [1.54, 1.807) is 4.68 Å². The number of nitrogens with zero attached hydrogens (tertiary/aromatic N) is 2. The van der Waals surface area contributed by atoms with Crippen LogP contribution in [0.25, 0.3) is 0 Å². The predicted octanol–water partition coefficient (Wildman–Crippen LogP) is 3.02. The summed E-state index contributed by atoms with van der Waals surface area (Å²) in [6.07, 6.45) is 0.0150. The summed E-state index contributed by atoms with van der Waals surface area (Å²) in [7, 11) is 0. The Kier molecular flexibility index (Phi) is 4.49. The van der Waals surface area contributed by atoms with Crippen LogP contribution in [0.5, 0.6) is 0 Å². The van der Waals surface area contributed by atoms with Crippen molar-refractivity contribution < 1.29 is 13.9 Å². The lowest BCUT2D eigenvalue weighted by molar-refractivity contribution is 0.166. The SMILES string of the molecule is CCc1cc(C(O)Cc2ccc(F)cc2F)n(CC)n1. The van der Waals surface area contributed by atoms with Gasteiger partial charge in [0.2, 0.25) is 0 Å². The highest BCUT2D eigenvalue weighted by Crippen LogP contribution is 2.22. The summed E-state index contributed by atoms with van der Waals surface area (Å²) in [4.78, 5) is 0. The zero-order valence-corrected chi connectivity index (χ0v) is 11.6. The lowest BCUT2D eigenvalue weighted by Gasteiger charge is -2.13. The van der Waals surface area contributed by atoms with Crippen LogP contribution < -0.4 is 0 Å². The van der Waals surface area contributed by atoms with Gasteiger partial charge in [-0.3, -0.25) is 4.68 Å². The second kappa shape index (κ2) is 6.13. The molecule has 0 fully saturated rings. The van der Waals surface area contributed by atoms with Gasteiger partial charge in [0.05, 0.1) is 17.5 Å². The summed E-state index contributed by atoms with van der Waals surface area (Å²) >= 11 is 0. The highest BCUT2D eigenvalue weighted by Gasteiger charge is 2.17. The molecule has 1 heterocycles. The third-order valence-corrected chi connectivity index (χ3v) is 3.29. The number of aliphatic hydroxyl groups is 1. The minimum absolute atomic E-state index is 0.0982. The molecular formula is C15H18F2N2O. The largest absolute Gasteiger partial charge is 0.386 e. The van der Waals surface area contributed by atoms with Crippen LogP contribution in [0.1, 0.15) is 36.9 Å². The molecule has 0 spiro atoms. The van der Waals surface area contributed by atoms with E-state index in [1.807, 2.05) is 19.9 Å². The molecule has 108 valence electrons. The van der Waals surface area contributed by atoms with Crippen LogP contribution >= 0.6 is 0 Å². The quantitative estimate of drug-likeness (QED) is 0.914. The first kappa shape index (κ1) is 14.7. The Labute approximate surface area is 116 Å². The highest BCUT2D eigenvalue weighted by molar-refractivity contribution is 5.22. The summed E-state index contributed by atoms with van der Waals surface area (Å²) in [6, 6.07) is 5.22. The summed E-state index contributed by atoms with van der Waals surface area (Å²) in [5.74, 6) is -1.25. The average Bonchev–Trinajstić information content (AvgIpc) is 2.85. The molecule has 1 unspecified atom stereocenters. The molecule has 1 aromatic carbocycles. The molecule has 0 amide bonds. The molecule has 1 atom stereocenters. The third-order valence-electron chi connectivity index (χ3n) is 3.29. The summed E-state index contributed by atoms with van der Waals surface area (Å²) in [6.45, 7) is 4.55. The van der Waals surface area contributed by atoms with Gasteiger partial charge < -0.3 is 5.11 Å². The topological polar surface area (TPSA) is 38.0 Å². The molecule has 3 nitrogen and oxygen atoms in total. The maximum atomic E-state index is 13.6. The van der Waals surface area contributed by atoms with Gasteiger partial charge in [0, 0.05) is 19.0 Å². The Hall–Kier alpha value is -1.75. The van der Waals surface area contributed by atoms with Gasteiger partial charge in [-0.25, -0.2) is 8.78 Å². The van der Waals surface area contributed by atoms with Gasteiger partial charge in [0.15, 0.2) is 0 Å². The van der Waals surface area contributed by atoms with Gasteiger partial charge in [0.1, 0.15) is 11.6 Å². The molecule has 0 aliphatic rings. The van der Waals surface area contributed by atoms with Crippen LogP contribution in [-0.4, -0.2) is 14.9 Å². The molecule has 2 rings (SSSR count). The van der Waals surface area contributed by atoms with E-state index in [0.717, 1.165) is 18.2 Å². The monoisotopic (exact) mass is 280 g/mol. The van der Waals surface area contributed by atoms with E-state index in [0.29, 0.717) is 17.8 Å². The number of aryl methyl sites for hydroxylation is 2. The van der Waals surface area contributed by atoms with Crippen molar-refractivity contribution in [2.24, 2.45) is 0 Å². The van der Waals surface area contributed by atoms with E-state index in [1.165, 1.54) is 12.1 Å². The molecule has 0 bridgehead atoms. The van der Waals surface area contributed by atoms with Gasteiger partial charge in [0.25, 0.3) is 0 Å². The van der Waals surface area contributed by atoms with Crippen molar-refractivity contribution in [3.05, 3.63) is 52.9 Å².